The van der Waals surface area contributed by atoms with Crippen molar-refractivity contribution in [3.8, 4) is 0 Å². The highest BCUT2D eigenvalue weighted by molar-refractivity contribution is 5.81. The summed E-state index contributed by atoms with van der Waals surface area (Å²) in [7, 11) is 0. The largest absolute Gasteiger partial charge is 0.399 e. The molecule has 1 aromatic heterocycles. The number of hydrogen-bond donors (Lipinski definition) is 1. The van der Waals surface area contributed by atoms with Crippen LogP contribution in [0.2, 0.25) is 0 Å². The lowest BCUT2D eigenvalue weighted by Gasteiger charge is -2.23. The second kappa shape index (κ2) is 3.79. The predicted molar refractivity (Wildman–Crippen MR) is 63.0 cm³/mol. The van der Waals surface area contributed by atoms with Crippen molar-refractivity contribution in [2.45, 2.75) is 25.5 Å². The summed E-state index contributed by atoms with van der Waals surface area (Å²) in [5.41, 5.74) is 7.63. The fourth-order valence-corrected chi connectivity index (χ4v) is 2.20. The summed E-state index contributed by atoms with van der Waals surface area (Å²) >= 11 is 0. The summed E-state index contributed by atoms with van der Waals surface area (Å²) in [6, 6.07) is 5.85. The Balaban J connectivity index is 2.05. The minimum atomic E-state index is 0.0769. The van der Waals surface area contributed by atoms with E-state index in [1.165, 1.54) is 6.42 Å². The number of ether oxygens (including phenoxy) is 1. The highest BCUT2D eigenvalue weighted by atomic mass is 16.5. The Morgan fingerprint density at radius 2 is 2.31 bits per heavy atom. The third kappa shape index (κ3) is 1.55. The molecule has 2 N–H and O–H groups in total. The minimum absolute atomic E-state index is 0.0769. The smallest absolute Gasteiger partial charge is 0.150 e. The van der Waals surface area contributed by atoms with Gasteiger partial charge in [0.05, 0.1) is 11.7 Å². The van der Waals surface area contributed by atoms with Crippen molar-refractivity contribution in [3.05, 3.63) is 24.4 Å². The van der Waals surface area contributed by atoms with Gasteiger partial charge in [-0.1, -0.05) is 0 Å². The molecular weight excluding hydrogens is 202 g/mol. The monoisotopic (exact) mass is 217 g/mol. The lowest BCUT2D eigenvalue weighted by molar-refractivity contribution is -0.0366. The molecule has 0 unspecified atom stereocenters. The van der Waals surface area contributed by atoms with E-state index < -0.39 is 0 Å². The third-order valence-electron chi connectivity index (χ3n) is 3.05. The lowest BCUT2D eigenvalue weighted by atomic mass is 10.2. The number of nitrogens with zero attached hydrogens (tertiary/aromatic N) is 2. The lowest BCUT2D eigenvalue weighted by Crippen LogP contribution is -2.18. The van der Waals surface area contributed by atoms with Crippen molar-refractivity contribution in [1.29, 1.82) is 0 Å². The van der Waals surface area contributed by atoms with Crippen molar-refractivity contribution in [1.82, 2.24) is 9.78 Å². The molecule has 0 aliphatic carbocycles. The Morgan fingerprint density at radius 3 is 3.12 bits per heavy atom. The molecule has 1 aliphatic heterocycles. The van der Waals surface area contributed by atoms with E-state index in [9.17, 15) is 0 Å². The normalized spacial score (nSPS) is 21.4. The van der Waals surface area contributed by atoms with E-state index in [1.807, 2.05) is 29.1 Å². The third-order valence-corrected chi connectivity index (χ3v) is 3.05. The first-order valence-corrected chi connectivity index (χ1v) is 5.69. The zero-order valence-corrected chi connectivity index (χ0v) is 9.10. The fraction of sp³-hybridized carbons (Fsp3) is 0.417. The molecule has 1 saturated heterocycles. The van der Waals surface area contributed by atoms with Crippen LogP contribution in [0.4, 0.5) is 5.69 Å². The summed E-state index contributed by atoms with van der Waals surface area (Å²) in [5.74, 6) is 0. The number of benzene rings is 1. The molecule has 4 nitrogen and oxygen atoms in total. The summed E-state index contributed by atoms with van der Waals surface area (Å²) in [6.07, 6.45) is 5.33. The minimum Gasteiger partial charge on any atom is -0.399 e. The maximum atomic E-state index is 5.80. The molecule has 1 aliphatic rings. The molecule has 0 bridgehead atoms. The molecule has 16 heavy (non-hydrogen) atoms. The maximum absolute atomic E-state index is 5.80. The molecule has 4 heteroatoms. The van der Waals surface area contributed by atoms with Gasteiger partial charge in [-0.2, -0.15) is 5.10 Å². The van der Waals surface area contributed by atoms with Gasteiger partial charge in [-0.05, 0) is 37.5 Å². The van der Waals surface area contributed by atoms with Crippen LogP contribution in [-0.2, 0) is 4.74 Å². The highest BCUT2D eigenvalue weighted by Gasteiger charge is 2.18. The van der Waals surface area contributed by atoms with E-state index in [0.29, 0.717) is 0 Å². The predicted octanol–water partition coefficient (Wildman–Crippen LogP) is 2.32. The zero-order valence-electron chi connectivity index (χ0n) is 9.10. The summed E-state index contributed by atoms with van der Waals surface area (Å²) in [6.45, 7) is 0.828. The standard InChI is InChI=1S/C12H15N3O/c13-10-5-4-9-8-14-15(11(9)7-10)12-3-1-2-6-16-12/h4-5,7-8,12H,1-3,6,13H2/t12-/m1/s1. The van der Waals surface area contributed by atoms with Gasteiger partial charge in [0.2, 0.25) is 0 Å². The Bertz CT molecular complexity index is 500. The van der Waals surface area contributed by atoms with Crippen LogP contribution in [0.25, 0.3) is 10.9 Å². The molecule has 1 fully saturated rings. The van der Waals surface area contributed by atoms with Gasteiger partial charge in [0.15, 0.2) is 6.23 Å². The first-order chi connectivity index (χ1) is 7.84. The molecule has 0 saturated carbocycles. The molecule has 3 rings (SSSR count). The number of nitrogens with two attached hydrogens (primary N) is 1. The second-order valence-electron chi connectivity index (χ2n) is 4.23. The van der Waals surface area contributed by atoms with Gasteiger partial charge in [0, 0.05) is 17.7 Å². The Hall–Kier alpha value is -1.55. The molecule has 0 spiro atoms. The Labute approximate surface area is 94.0 Å². The summed E-state index contributed by atoms with van der Waals surface area (Å²) in [4.78, 5) is 0. The van der Waals surface area contributed by atoms with Gasteiger partial charge in [-0.3, -0.25) is 0 Å². The number of anilines is 1. The molecule has 1 aromatic carbocycles. The second-order valence-corrected chi connectivity index (χ2v) is 4.23. The van der Waals surface area contributed by atoms with Crippen LogP contribution in [0, 0.1) is 0 Å². The first kappa shape index (κ1) is 9.66. The average Bonchev–Trinajstić information content (AvgIpc) is 2.73. The van der Waals surface area contributed by atoms with Gasteiger partial charge < -0.3 is 10.5 Å². The maximum Gasteiger partial charge on any atom is 0.150 e. The van der Waals surface area contributed by atoms with Crippen LogP contribution in [0.3, 0.4) is 0 Å². The van der Waals surface area contributed by atoms with Gasteiger partial charge in [0.25, 0.3) is 0 Å². The average molecular weight is 217 g/mol. The molecule has 84 valence electrons. The molecule has 0 radical (unpaired) electrons. The van der Waals surface area contributed by atoms with E-state index in [0.717, 1.165) is 36.0 Å². The Morgan fingerprint density at radius 1 is 1.38 bits per heavy atom. The van der Waals surface area contributed by atoms with E-state index in [2.05, 4.69) is 5.10 Å². The molecule has 1 atom stereocenters. The molecule has 2 aromatic rings. The topological polar surface area (TPSA) is 53.1 Å². The number of hydrogen-bond acceptors (Lipinski definition) is 3. The number of rotatable bonds is 1. The number of fused-ring (bicyclic) bond motifs is 1. The molecular formula is C12H15N3O. The first-order valence-electron chi connectivity index (χ1n) is 5.69. The van der Waals surface area contributed by atoms with Crippen LogP contribution in [0.15, 0.2) is 24.4 Å². The van der Waals surface area contributed by atoms with Crippen LogP contribution in [0.5, 0.6) is 0 Å². The van der Waals surface area contributed by atoms with Crippen LogP contribution in [0.1, 0.15) is 25.5 Å². The van der Waals surface area contributed by atoms with Crippen molar-refractivity contribution in [2.75, 3.05) is 12.3 Å². The number of aromatic nitrogens is 2. The van der Waals surface area contributed by atoms with E-state index in [1.54, 1.807) is 0 Å². The van der Waals surface area contributed by atoms with Gasteiger partial charge >= 0.3 is 0 Å². The summed E-state index contributed by atoms with van der Waals surface area (Å²) in [5, 5.41) is 5.51. The van der Waals surface area contributed by atoms with Gasteiger partial charge in [-0.25, -0.2) is 4.68 Å². The molecule has 2 heterocycles. The van der Waals surface area contributed by atoms with Crippen LogP contribution in [-0.4, -0.2) is 16.4 Å². The zero-order chi connectivity index (χ0) is 11.0. The van der Waals surface area contributed by atoms with Crippen molar-refractivity contribution >= 4 is 16.6 Å². The van der Waals surface area contributed by atoms with Gasteiger partial charge in [0.1, 0.15) is 0 Å². The highest BCUT2D eigenvalue weighted by Crippen LogP contribution is 2.26. The van der Waals surface area contributed by atoms with Crippen LogP contribution < -0.4 is 5.73 Å². The van der Waals surface area contributed by atoms with Crippen LogP contribution >= 0.6 is 0 Å². The quantitative estimate of drug-likeness (QED) is 0.746. The van der Waals surface area contributed by atoms with Crippen molar-refractivity contribution in [2.24, 2.45) is 0 Å². The Kier molecular flexibility index (Phi) is 2.29. The fourth-order valence-electron chi connectivity index (χ4n) is 2.20. The van der Waals surface area contributed by atoms with E-state index >= 15 is 0 Å². The van der Waals surface area contributed by atoms with Crippen molar-refractivity contribution < 1.29 is 4.74 Å². The van der Waals surface area contributed by atoms with Crippen molar-refractivity contribution in [3.63, 3.8) is 0 Å². The number of nitrogen functional groups attached to an aromatic ring is 1. The molecule has 0 amide bonds. The van der Waals surface area contributed by atoms with E-state index in [-0.39, 0.29) is 6.23 Å². The summed E-state index contributed by atoms with van der Waals surface area (Å²) < 4.78 is 7.68. The SMILES string of the molecule is Nc1ccc2cnn([C@H]3CCCCO3)c2c1. The van der Waals surface area contributed by atoms with Gasteiger partial charge in [-0.15, -0.1) is 0 Å². The van der Waals surface area contributed by atoms with E-state index in [4.69, 9.17) is 10.5 Å².